The number of carbonyl (C=O) groups is 1. The molecule has 0 radical (unpaired) electrons. The SMILES string of the molecule is Cc1ccc(C(=O)Oc2ccc(Cl)cc2Cl)cn1. The molecule has 2 aromatic rings. The molecule has 0 spiro atoms. The molecule has 1 aromatic carbocycles. The van der Waals surface area contributed by atoms with Crippen molar-refractivity contribution in [3.63, 3.8) is 0 Å². The minimum Gasteiger partial charge on any atom is -0.421 e. The number of carbonyl (C=O) groups excluding carboxylic acids is 1. The number of esters is 1. The Kier molecular flexibility index (Phi) is 3.84. The van der Waals surface area contributed by atoms with Crippen molar-refractivity contribution in [1.29, 1.82) is 0 Å². The zero-order valence-electron chi connectivity index (χ0n) is 9.48. The number of pyridine rings is 1. The fourth-order valence-corrected chi connectivity index (χ4v) is 1.75. The number of aromatic nitrogens is 1. The summed E-state index contributed by atoms with van der Waals surface area (Å²) < 4.78 is 5.16. The second kappa shape index (κ2) is 5.38. The summed E-state index contributed by atoms with van der Waals surface area (Å²) in [6.45, 7) is 1.84. The quantitative estimate of drug-likeness (QED) is 0.619. The van der Waals surface area contributed by atoms with Crippen molar-refractivity contribution in [1.82, 2.24) is 4.98 Å². The predicted octanol–water partition coefficient (Wildman–Crippen LogP) is 3.92. The average Bonchev–Trinajstić information content (AvgIpc) is 2.33. The first-order chi connectivity index (χ1) is 8.56. The topological polar surface area (TPSA) is 39.2 Å². The number of halogens is 2. The summed E-state index contributed by atoms with van der Waals surface area (Å²) in [7, 11) is 0. The third-order valence-electron chi connectivity index (χ3n) is 2.24. The number of nitrogens with zero attached hydrogens (tertiary/aromatic N) is 1. The molecule has 0 saturated heterocycles. The average molecular weight is 282 g/mol. The van der Waals surface area contributed by atoms with Crippen LogP contribution in [-0.2, 0) is 0 Å². The van der Waals surface area contributed by atoms with Crippen LogP contribution in [0.4, 0.5) is 0 Å². The molecule has 0 unspecified atom stereocenters. The Morgan fingerprint density at radius 3 is 2.61 bits per heavy atom. The van der Waals surface area contributed by atoms with Gasteiger partial charge in [0.05, 0.1) is 10.6 Å². The molecule has 0 amide bonds. The highest BCUT2D eigenvalue weighted by molar-refractivity contribution is 6.35. The summed E-state index contributed by atoms with van der Waals surface area (Å²) in [5, 5.41) is 0.771. The lowest BCUT2D eigenvalue weighted by atomic mass is 10.2. The van der Waals surface area contributed by atoms with Gasteiger partial charge >= 0.3 is 5.97 Å². The zero-order chi connectivity index (χ0) is 13.1. The molecule has 1 heterocycles. The lowest BCUT2D eigenvalue weighted by Gasteiger charge is -2.06. The van der Waals surface area contributed by atoms with Crippen molar-refractivity contribution >= 4 is 29.2 Å². The van der Waals surface area contributed by atoms with Crippen molar-refractivity contribution in [2.45, 2.75) is 6.92 Å². The van der Waals surface area contributed by atoms with Crippen LogP contribution < -0.4 is 4.74 Å². The Hall–Kier alpha value is -1.58. The van der Waals surface area contributed by atoms with Crippen molar-refractivity contribution in [3.05, 3.63) is 57.8 Å². The molecule has 0 aliphatic carbocycles. The van der Waals surface area contributed by atoms with Gasteiger partial charge in [0.1, 0.15) is 5.75 Å². The molecule has 0 aliphatic rings. The van der Waals surface area contributed by atoms with E-state index >= 15 is 0 Å². The van der Waals surface area contributed by atoms with Gasteiger partial charge in [-0.05, 0) is 37.3 Å². The van der Waals surface area contributed by atoms with E-state index in [-0.39, 0.29) is 10.8 Å². The van der Waals surface area contributed by atoms with E-state index in [0.29, 0.717) is 10.6 Å². The summed E-state index contributed by atoms with van der Waals surface area (Å²) in [4.78, 5) is 15.8. The first kappa shape index (κ1) is 12.9. The lowest BCUT2D eigenvalue weighted by molar-refractivity contribution is 0.0734. The van der Waals surface area contributed by atoms with E-state index in [0.717, 1.165) is 5.69 Å². The fourth-order valence-electron chi connectivity index (χ4n) is 1.31. The Morgan fingerprint density at radius 2 is 2.00 bits per heavy atom. The smallest absolute Gasteiger partial charge is 0.345 e. The van der Waals surface area contributed by atoms with Crippen LogP contribution in [0, 0.1) is 6.92 Å². The van der Waals surface area contributed by atoms with Crippen LogP contribution >= 0.6 is 23.2 Å². The van der Waals surface area contributed by atoms with Gasteiger partial charge in [-0.3, -0.25) is 4.98 Å². The largest absolute Gasteiger partial charge is 0.421 e. The van der Waals surface area contributed by atoms with Crippen LogP contribution in [0.15, 0.2) is 36.5 Å². The predicted molar refractivity (Wildman–Crippen MR) is 70.4 cm³/mol. The van der Waals surface area contributed by atoms with Gasteiger partial charge in [-0.15, -0.1) is 0 Å². The van der Waals surface area contributed by atoms with Crippen molar-refractivity contribution < 1.29 is 9.53 Å². The molecule has 1 aromatic heterocycles. The highest BCUT2D eigenvalue weighted by atomic mass is 35.5. The van der Waals surface area contributed by atoms with Crippen molar-refractivity contribution in [2.24, 2.45) is 0 Å². The second-order valence-electron chi connectivity index (χ2n) is 3.65. The van der Waals surface area contributed by atoms with E-state index in [9.17, 15) is 4.79 Å². The molecule has 0 aliphatic heterocycles. The van der Waals surface area contributed by atoms with E-state index in [1.165, 1.54) is 12.3 Å². The first-order valence-electron chi connectivity index (χ1n) is 5.16. The summed E-state index contributed by atoms with van der Waals surface area (Å²) in [5.41, 5.74) is 1.20. The fraction of sp³-hybridized carbons (Fsp3) is 0.0769. The zero-order valence-corrected chi connectivity index (χ0v) is 11.0. The Labute approximate surface area is 114 Å². The number of benzene rings is 1. The van der Waals surface area contributed by atoms with Gasteiger partial charge in [0.2, 0.25) is 0 Å². The number of hydrogen-bond acceptors (Lipinski definition) is 3. The first-order valence-corrected chi connectivity index (χ1v) is 5.92. The van der Waals surface area contributed by atoms with E-state index in [4.69, 9.17) is 27.9 Å². The lowest BCUT2D eigenvalue weighted by Crippen LogP contribution is -2.09. The van der Waals surface area contributed by atoms with Crippen LogP contribution in [0.2, 0.25) is 10.0 Å². The third kappa shape index (κ3) is 3.00. The molecule has 0 bridgehead atoms. The van der Waals surface area contributed by atoms with Crippen LogP contribution in [0.5, 0.6) is 5.75 Å². The summed E-state index contributed by atoms with van der Waals surface area (Å²) in [6, 6.07) is 8.04. The molecule has 2 rings (SSSR count). The van der Waals surface area contributed by atoms with E-state index in [2.05, 4.69) is 4.98 Å². The van der Waals surface area contributed by atoms with Crippen LogP contribution in [-0.4, -0.2) is 11.0 Å². The van der Waals surface area contributed by atoms with Gasteiger partial charge in [-0.25, -0.2) is 4.79 Å². The summed E-state index contributed by atoms with van der Waals surface area (Å²) in [5.74, 6) is -0.238. The molecule has 5 heteroatoms. The molecule has 18 heavy (non-hydrogen) atoms. The minimum absolute atomic E-state index is 0.270. The van der Waals surface area contributed by atoms with Gasteiger partial charge in [0.15, 0.2) is 0 Å². The maximum Gasteiger partial charge on any atom is 0.345 e. The minimum atomic E-state index is -0.508. The molecule has 0 atom stereocenters. The van der Waals surface area contributed by atoms with E-state index < -0.39 is 5.97 Å². The monoisotopic (exact) mass is 281 g/mol. The van der Waals surface area contributed by atoms with Crippen molar-refractivity contribution in [2.75, 3.05) is 0 Å². The maximum atomic E-state index is 11.8. The number of rotatable bonds is 2. The van der Waals surface area contributed by atoms with Crippen LogP contribution in [0.3, 0.4) is 0 Å². The number of aryl methyl sites for hydroxylation is 1. The Morgan fingerprint density at radius 1 is 1.22 bits per heavy atom. The Bertz CT molecular complexity index is 582. The molecular weight excluding hydrogens is 273 g/mol. The van der Waals surface area contributed by atoms with Gasteiger partial charge in [-0.1, -0.05) is 23.2 Å². The van der Waals surface area contributed by atoms with E-state index in [1.54, 1.807) is 24.3 Å². The maximum absolute atomic E-state index is 11.8. The highest BCUT2D eigenvalue weighted by Crippen LogP contribution is 2.28. The van der Waals surface area contributed by atoms with E-state index in [1.807, 2.05) is 6.92 Å². The third-order valence-corrected chi connectivity index (χ3v) is 2.77. The van der Waals surface area contributed by atoms with Crippen LogP contribution in [0.1, 0.15) is 16.1 Å². The standard InChI is InChI=1S/C13H9Cl2NO2/c1-8-2-3-9(7-16-8)13(17)18-12-5-4-10(14)6-11(12)15/h2-7H,1H3. The second-order valence-corrected chi connectivity index (χ2v) is 4.50. The summed E-state index contributed by atoms with van der Waals surface area (Å²) >= 11 is 11.7. The van der Waals surface area contributed by atoms with Gasteiger partial charge < -0.3 is 4.74 Å². The van der Waals surface area contributed by atoms with Gasteiger partial charge in [0, 0.05) is 16.9 Å². The molecule has 0 fully saturated rings. The molecule has 0 N–H and O–H groups in total. The molecule has 92 valence electrons. The number of ether oxygens (including phenoxy) is 1. The van der Waals surface area contributed by atoms with Gasteiger partial charge in [0.25, 0.3) is 0 Å². The molecular formula is C13H9Cl2NO2. The highest BCUT2D eigenvalue weighted by Gasteiger charge is 2.11. The normalized spacial score (nSPS) is 10.2. The molecule has 3 nitrogen and oxygen atoms in total. The summed E-state index contributed by atoms with van der Waals surface area (Å²) in [6.07, 6.45) is 1.46. The Balaban J connectivity index is 2.18. The van der Waals surface area contributed by atoms with Gasteiger partial charge in [-0.2, -0.15) is 0 Å². The molecule has 0 saturated carbocycles. The van der Waals surface area contributed by atoms with Crippen LogP contribution in [0.25, 0.3) is 0 Å². The number of hydrogen-bond donors (Lipinski definition) is 0. The van der Waals surface area contributed by atoms with Crippen molar-refractivity contribution in [3.8, 4) is 5.75 Å².